The second-order valence-corrected chi connectivity index (χ2v) is 6.91. The largest absolute Gasteiger partial charge is 0.381 e. The first kappa shape index (κ1) is 13.3. The molecule has 3 heterocycles. The average Bonchev–Trinajstić information content (AvgIpc) is 2.71. The van der Waals surface area contributed by atoms with Crippen molar-refractivity contribution >= 4 is 38.5 Å². The third-order valence-corrected chi connectivity index (χ3v) is 6.01. The molecule has 3 rings (SSSR count). The van der Waals surface area contributed by atoms with Gasteiger partial charge in [-0.1, -0.05) is 0 Å². The molecule has 1 aromatic rings. The summed E-state index contributed by atoms with van der Waals surface area (Å²) in [7, 11) is 0. The van der Waals surface area contributed by atoms with Gasteiger partial charge in [0.15, 0.2) is 0 Å². The Morgan fingerprint density at radius 3 is 2.83 bits per heavy atom. The Bertz CT molecular complexity index is 407. The zero-order valence-electron chi connectivity index (χ0n) is 10.1. The highest BCUT2D eigenvalue weighted by atomic mass is 127. The molecule has 0 N–H and O–H groups in total. The molecule has 1 spiro atoms. The van der Waals surface area contributed by atoms with Crippen LogP contribution in [0.1, 0.15) is 31.7 Å². The maximum absolute atomic E-state index is 6.06. The van der Waals surface area contributed by atoms with Crippen molar-refractivity contribution in [2.45, 2.75) is 37.3 Å². The first-order chi connectivity index (χ1) is 8.69. The van der Waals surface area contributed by atoms with Gasteiger partial charge < -0.3 is 9.47 Å². The lowest BCUT2D eigenvalue weighted by atomic mass is 9.84. The zero-order chi connectivity index (χ0) is 12.6. The van der Waals surface area contributed by atoms with Crippen molar-refractivity contribution in [3.63, 3.8) is 0 Å². The molecule has 0 radical (unpaired) electrons. The molecule has 2 saturated heterocycles. The van der Waals surface area contributed by atoms with Gasteiger partial charge in [-0.2, -0.15) is 5.10 Å². The van der Waals surface area contributed by atoms with Gasteiger partial charge in [0.2, 0.25) is 0 Å². The van der Waals surface area contributed by atoms with Gasteiger partial charge in [-0.3, -0.25) is 4.68 Å². The van der Waals surface area contributed by atoms with Crippen LogP contribution in [0.3, 0.4) is 0 Å². The van der Waals surface area contributed by atoms with Gasteiger partial charge in [0.25, 0.3) is 0 Å². The van der Waals surface area contributed by atoms with Crippen LogP contribution in [-0.4, -0.2) is 35.2 Å². The first-order valence-corrected chi connectivity index (χ1v) is 8.18. The quantitative estimate of drug-likeness (QED) is 0.647. The predicted octanol–water partition coefficient (Wildman–Crippen LogP) is 3.15. The lowest BCUT2D eigenvalue weighted by molar-refractivity contribution is -0.145. The first-order valence-electron chi connectivity index (χ1n) is 6.30. The normalized spacial score (nSPS) is 27.6. The van der Waals surface area contributed by atoms with E-state index in [1.54, 1.807) is 0 Å². The van der Waals surface area contributed by atoms with E-state index < -0.39 is 0 Å². The van der Waals surface area contributed by atoms with Crippen molar-refractivity contribution in [1.29, 1.82) is 0 Å². The Kier molecular flexibility index (Phi) is 3.98. The average molecular weight is 427 g/mol. The third kappa shape index (κ3) is 2.62. The van der Waals surface area contributed by atoms with E-state index in [0.717, 1.165) is 53.7 Å². The molecule has 6 heteroatoms. The lowest BCUT2D eigenvalue weighted by Gasteiger charge is -2.43. The predicted molar refractivity (Wildman–Crippen MR) is 79.7 cm³/mol. The van der Waals surface area contributed by atoms with Crippen molar-refractivity contribution in [3.05, 3.63) is 14.4 Å². The molecule has 100 valence electrons. The molecular weight excluding hydrogens is 411 g/mol. The van der Waals surface area contributed by atoms with Crippen LogP contribution in [0.4, 0.5) is 0 Å². The van der Waals surface area contributed by atoms with E-state index in [2.05, 4.69) is 54.5 Å². The molecule has 0 aromatic carbocycles. The molecule has 2 fully saturated rings. The van der Waals surface area contributed by atoms with Crippen molar-refractivity contribution in [1.82, 2.24) is 9.78 Å². The van der Waals surface area contributed by atoms with Crippen LogP contribution in [0.5, 0.6) is 0 Å². The highest BCUT2D eigenvalue weighted by Crippen LogP contribution is 2.39. The van der Waals surface area contributed by atoms with Crippen LogP contribution in [0, 0.1) is 3.70 Å². The molecule has 0 saturated carbocycles. The standard InChI is InChI=1S/C12H16BrIN2O2/c13-10-8-16(15-11(10)14)9-1-4-18-12(7-9)2-5-17-6-3-12/h8-9H,1-7H2. The van der Waals surface area contributed by atoms with Gasteiger partial charge in [-0.15, -0.1) is 0 Å². The van der Waals surface area contributed by atoms with Crippen LogP contribution >= 0.6 is 38.5 Å². The summed E-state index contributed by atoms with van der Waals surface area (Å²) in [6.45, 7) is 2.48. The van der Waals surface area contributed by atoms with Gasteiger partial charge in [0.05, 0.1) is 16.1 Å². The molecule has 1 unspecified atom stereocenters. The summed E-state index contributed by atoms with van der Waals surface area (Å²) in [5.74, 6) is 0. The number of nitrogens with zero attached hydrogens (tertiary/aromatic N) is 2. The SMILES string of the molecule is Brc1cn(C2CCOC3(CCOCC3)C2)nc1I. The van der Waals surface area contributed by atoms with E-state index in [0.29, 0.717) is 6.04 Å². The second kappa shape index (κ2) is 5.38. The van der Waals surface area contributed by atoms with Crippen LogP contribution in [0.2, 0.25) is 0 Å². The summed E-state index contributed by atoms with van der Waals surface area (Å²) >= 11 is 5.79. The van der Waals surface area contributed by atoms with Gasteiger partial charge in [0.1, 0.15) is 3.70 Å². The molecule has 18 heavy (non-hydrogen) atoms. The third-order valence-electron chi connectivity index (χ3n) is 3.89. The van der Waals surface area contributed by atoms with Gasteiger partial charge >= 0.3 is 0 Å². The van der Waals surface area contributed by atoms with E-state index in [9.17, 15) is 0 Å². The summed E-state index contributed by atoms with van der Waals surface area (Å²) in [6, 6.07) is 0.455. The maximum Gasteiger partial charge on any atom is 0.137 e. The molecular formula is C12H16BrIN2O2. The highest BCUT2D eigenvalue weighted by molar-refractivity contribution is 14.1. The summed E-state index contributed by atoms with van der Waals surface area (Å²) in [6.07, 6.45) is 6.23. The van der Waals surface area contributed by atoms with Crippen LogP contribution in [-0.2, 0) is 9.47 Å². The highest BCUT2D eigenvalue weighted by Gasteiger charge is 2.39. The van der Waals surface area contributed by atoms with Gasteiger partial charge in [0, 0.05) is 26.0 Å². The fraction of sp³-hybridized carbons (Fsp3) is 0.750. The molecule has 0 bridgehead atoms. The van der Waals surface area contributed by atoms with Gasteiger partial charge in [-0.05, 0) is 64.2 Å². The molecule has 0 amide bonds. The van der Waals surface area contributed by atoms with E-state index >= 15 is 0 Å². The molecule has 2 aliphatic heterocycles. The Hall–Kier alpha value is 0.340. The fourth-order valence-electron chi connectivity index (χ4n) is 2.85. The van der Waals surface area contributed by atoms with Crippen molar-refractivity contribution in [2.75, 3.05) is 19.8 Å². The number of hydrogen-bond acceptors (Lipinski definition) is 3. The van der Waals surface area contributed by atoms with Crippen LogP contribution in [0.25, 0.3) is 0 Å². The Labute approximate surface area is 129 Å². The number of halogens is 2. The molecule has 4 nitrogen and oxygen atoms in total. The van der Waals surface area contributed by atoms with E-state index in [-0.39, 0.29) is 5.60 Å². The lowest BCUT2D eigenvalue weighted by Crippen LogP contribution is -2.44. The van der Waals surface area contributed by atoms with Crippen molar-refractivity contribution in [2.24, 2.45) is 0 Å². The van der Waals surface area contributed by atoms with Crippen LogP contribution < -0.4 is 0 Å². The minimum absolute atomic E-state index is 0.0328. The van der Waals surface area contributed by atoms with Crippen molar-refractivity contribution in [3.8, 4) is 0 Å². The maximum atomic E-state index is 6.06. The number of ether oxygens (including phenoxy) is 2. The summed E-state index contributed by atoms with van der Waals surface area (Å²) in [4.78, 5) is 0. The summed E-state index contributed by atoms with van der Waals surface area (Å²) in [5.41, 5.74) is 0.0328. The van der Waals surface area contributed by atoms with E-state index in [4.69, 9.17) is 9.47 Å². The number of rotatable bonds is 1. The van der Waals surface area contributed by atoms with E-state index in [1.165, 1.54) is 0 Å². The minimum atomic E-state index is 0.0328. The zero-order valence-corrected chi connectivity index (χ0v) is 13.8. The fourth-order valence-corrected chi connectivity index (χ4v) is 3.53. The Morgan fingerprint density at radius 2 is 2.17 bits per heavy atom. The minimum Gasteiger partial charge on any atom is -0.381 e. The number of hydrogen-bond donors (Lipinski definition) is 0. The smallest absolute Gasteiger partial charge is 0.137 e. The topological polar surface area (TPSA) is 36.3 Å². The van der Waals surface area contributed by atoms with Crippen molar-refractivity contribution < 1.29 is 9.47 Å². The Balaban J connectivity index is 1.77. The molecule has 1 aromatic heterocycles. The molecule has 2 aliphatic rings. The second-order valence-electron chi connectivity index (χ2n) is 5.04. The summed E-state index contributed by atoms with van der Waals surface area (Å²) in [5, 5.41) is 4.58. The molecule has 1 atom stereocenters. The Morgan fingerprint density at radius 1 is 1.39 bits per heavy atom. The van der Waals surface area contributed by atoms with E-state index in [1.807, 2.05) is 0 Å². The molecule has 0 aliphatic carbocycles. The van der Waals surface area contributed by atoms with Gasteiger partial charge in [-0.25, -0.2) is 0 Å². The summed E-state index contributed by atoms with van der Waals surface area (Å²) < 4.78 is 15.7. The van der Waals surface area contributed by atoms with Crippen LogP contribution in [0.15, 0.2) is 10.7 Å². The number of aromatic nitrogens is 2. The monoisotopic (exact) mass is 426 g/mol.